The molecule has 0 radical (unpaired) electrons. The van der Waals surface area contributed by atoms with E-state index in [0.717, 1.165) is 27.9 Å². The molecule has 2 aliphatic carbocycles. The summed E-state index contributed by atoms with van der Waals surface area (Å²) in [6.45, 7) is -0.254. The molecule has 5 atom stereocenters. The van der Waals surface area contributed by atoms with E-state index < -0.39 is 6.04 Å². The Morgan fingerprint density at radius 1 is 1.00 bits per heavy atom. The Hall–Kier alpha value is -3.74. The molecule has 3 aliphatic rings. The van der Waals surface area contributed by atoms with Crippen molar-refractivity contribution in [3.05, 3.63) is 78.1 Å². The van der Waals surface area contributed by atoms with Gasteiger partial charge < -0.3 is 10.3 Å². The van der Waals surface area contributed by atoms with Crippen LogP contribution in [0.5, 0.6) is 0 Å². The lowest BCUT2D eigenvalue weighted by Crippen LogP contribution is -2.43. The summed E-state index contributed by atoms with van der Waals surface area (Å²) in [5, 5.41) is 3.02. The van der Waals surface area contributed by atoms with Gasteiger partial charge in [-0.25, -0.2) is 4.98 Å². The lowest BCUT2D eigenvalue weighted by atomic mass is 9.85. The van der Waals surface area contributed by atoms with Crippen LogP contribution in [0.2, 0.25) is 0 Å². The average molecular weight is 441 g/mol. The third kappa shape index (κ3) is 3.35. The minimum absolute atomic E-state index is 0.130. The van der Waals surface area contributed by atoms with Gasteiger partial charge in [-0.05, 0) is 42.4 Å². The molecule has 7 nitrogen and oxygen atoms in total. The molecule has 1 saturated heterocycles. The number of imidazole rings is 1. The van der Waals surface area contributed by atoms with E-state index in [9.17, 15) is 14.4 Å². The molecule has 1 aliphatic heterocycles. The van der Waals surface area contributed by atoms with E-state index in [0.29, 0.717) is 12.2 Å². The molecule has 33 heavy (non-hydrogen) atoms. The van der Waals surface area contributed by atoms with E-state index in [2.05, 4.69) is 27.4 Å². The van der Waals surface area contributed by atoms with Crippen molar-refractivity contribution in [2.45, 2.75) is 18.9 Å². The molecule has 2 N–H and O–H groups in total. The molecule has 2 aromatic carbocycles. The number of allylic oxidation sites excluding steroid dienone is 2. The van der Waals surface area contributed by atoms with Gasteiger partial charge in [-0.1, -0.05) is 54.6 Å². The van der Waals surface area contributed by atoms with Crippen molar-refractivity contribution >= 4 is 28.8 Å². The fourth-order valence-electron chi connectivity index (χ4n) is 5.71. The molecule has 1 aromatic heterocycles. The summed E-state index contributed by atoms with van der Waals surface area (Å²) in [4.78, 5) is 48.1. The Balaban J connectivity index is 1.22. The zero-order valence-corrected chi connectivity index (χ0v) is 18.0. The number of aromatic amines is 1. The second-order valence-electron chi connectivity index (χ2n) is 9.21. The van der Waals surface area contributed by atoms with E-state index in [1.165, 1.54) is 0 Å². The number of H-pyrrole nitrogens is 1. The Morgan fingerprint density at radius 2 is 1.67 bits per heavy atom. The monoisotopic (exact) mass is 440 g/mol. The van der Waals surface area contributed by atoms with Crippen LogP contribution in [0.4, 0.5) is 0 Å². The van der Waals surface area contributed by atoms with Gasteiger partial charge in [-0.2, -0.15) is 0 Å². The molecule has 3 aromatic rings. The summed E-state index contributed by atoms with van der Waals surface area (Å²) in [6, 6.07) is 17.1. The van der Waals surface area contributed by atoms with Crippen LogP contribution in [-0.4, -0.2) is 39.1 Å². The van der Waals surface area contributed by atoms with Gasteiger partial charge in [-0.3, -0.25) is 19.3 Å². The number of amides is 3. The molecule has 2 bridgehead atoms. The Kier molecular flexibility index (Phi) is 4.64. The lowest BCUT2D eigenvalue weighted by Gasteiger charge is -2.20. The summed E-state index contributed by atoms with van der Waals surface area (Å²) in [5.41, 5.74) is 2.76. The van der Waals surface area contributed by atoms with Crippen LogP contribution in [0.15, 0.2) is 66.7 Å². The minimum Gasteiger partial charge on any atom is -0.344 e. The van der Waals surface area contributed by atoms with Gasteiger partial charge in [0.1, 0.15) is 12.4 Å². The maximum atomic E-state index is 13.1. The van der Waals surface area contributed by atoms with Crippen LogP contribution in [0.1, 0.15) is 23.9 Å². The molecule has 1 saturated carbocycles. The summed E-state index contributed by atoms with van der Waals surface area (Å²) in [6.07, 6.45) is 5.52. The highest BCUT2D eigenvalue weighted by atomic mass is 16.2. The van der Waals surface area contributed by atoms with Crippen LogP contribution < -0.4 is 5.32 Å². The molecule has 0 unspecified atom stereocenters. The molecule has 6 rings (SSSR count). The van der Waals surface area contributed by atoms with Gasteiger partial charge >= 0.3 is 0 Å². The van der Waals surface area contributed by atoms with Crippen molar-refractivity contribution < 1.29 is 14.4 Å². The summed E-state index contributed by atoms with van der Waals surface area (Å²) in [7, 11) is 0. The fraction of sp³-hybridized carbons (Fsp3) is 0.308. The first-order valence-electron chi connectivity index (χ1n) is 11.4. The van der Waals surface area contributed by atoms with Crippen molar-refractivity contribution in [3.8, 4) is 0 Å². The molecule has 3 amide bonds. The summed E-state index contributed by atoms with van der Waals surface area (Å²) < 4.78 is 0. The number of para-hydroxylation sites is 2. The van der Waals surface area contributed by atoms with Crippen LogP contribution in [0, 0.1) is 23.7 Å². The van der Waals surface area contributed by atoms with E-state index in [-0.39, 0.29) is 47.9 Å². The number of imide groups is 1. The van der Waals surface area contributed by atoms with Crippen LogP contribution in [0.3, 0.4) is 0 Å². The van der Waals surface area contributed by atoms with Crippen molar-refractivity contribution in [2.24, 2.45) is 23.7 Å². The van der Waals surface area contributed by atoms with E-state index >= 15 is 0 Å². The fourth-order valence-corrected chi connectivity index (χ4v) is 5.71. The highest BCUT2D eigenvalue weighted by molar-refractivity contribution is 6.08. The number of nitrogens with zero attached hydrogens (tertiary/aromatic N) is 2. The first kappa shape index (κ1) is 19.9. The average Bonchev–Trinajstić information content (AvgIpc) is 3.59. The molecular formula is C26H24N4O3. The number of nitrogens with one attached hydrogen (secondary N) is 2. The molecule has 166 valence electrons. The van der Waals surface area contributed by atoms with E-state index in [1.54, 1.807) is 0 Å². The molecular weight excluding hydrogens is 416 g/mol. The first-order valence-corrected chi connectivity index (χ1v) is 11.4. The number of aromatic nitrogens is 2. The second kappa shape index (κ2) is 7.69. The van der Waals surface area contributed by atoms with E-state index in [1.807, 2.05) is 54.6 Å². The molecule has 2 heterocycles. The SMILES string of the molecule is O=C(CN1C(=O)[C@@H]2[C@H](C1=O)[C@H]1C=C[C@H]2C1)N[C@@H](Cc1ccccc1)c1nc2ccccc2[nH]1. The number of carbonyl (C=O) groups is 3. The van der Waals surface area contributed by atoms with Crippen LogP contribution in [-0.2, 0) is 20.8 Å². The predicted octanol–water partition coefficient (Wildman–Crippen LogP) is 2.77. The standard InChI is InChI=1S/C26H24N4O3/c31-21(14-30-25(32)22-16-10-11-17(13-16)23(22)26(30)33)27-20(12-15-6-2-1-3-7-15)24-28-18-8-4-5-9-19(18)29-24/h1-11,16-17,20,22-23H,12-14H2,(H,27,31)(H,28,29)/t16-,17-,20-,22-,23+/m0/s1. The minimum atomic E-state index is -0.419. The topological polar surface area (TPSA) is 95.2 Å². The van der Waals surface area contributed by atoms with Crippen molar-refractivity contribution in [3.63, 3.8) is 0 Å². The third-order valence-corrected chi connectivity index (χ3v) is 7.22. The second-order valence-corrected chi connectivity index (χ2v) is 9.21. The highest BCUT2D eigenvalue weighted by Gasteiger charge is 2.59. The van der Waals surface area contributed by atoms with Gasteiger partial charge in [0.2, 0.25) is 17.7 Å². The molecule has 7 heteroatoms. The Bertz CT molecular complexity index is 1220. The largest absolute Gasteiger partial charge is 0.344 e. The number of benzene rings is 2. The number of likely N-dealkylation sites (tertiary alicyclic amines) is 1. The predicted molar refractivity (Wildman–Crippen MR) is 122 cm³/mol. The normalized spacial score (nSPS) is 26.2. The molecule has 2 fully saturated rings. The third-order valence-electron chi connectivity index (χ3n) is 7.22. The van der Waals surface area contributed by atoms with Crippen molar-refractivity contribution in [1.82, 2.24) is 20.2 Å². The first-order chi connectivity index (χ1) is 16.1. The van der Waals surface area contributed by atoms with Crippen molar-refractivity contribution in [1.29, 1.82) is 0 Å². The zero-order chi connectivity index (χ0) is 22.5. The van der Waals surface area contributed by atoms with Crippen molar-refractivity contribution in [2.75, 3.05) is 6.54 Å². The summed E-state index contributed by atoms with van der Waals surface area (Å²) >= 11 is 0. The number of rotatable bonds is 6. The lowest BCUT2D eigenvalue weighted by molar-refractivity contribution is -0.144. The maximum absolute atomic E-state index is 13.1. The molecule has 0 spiro atoms. The van der Waals surface area contributed by atoms with Gasteiger partial charge in [0.25, 0.3) is 0 Å². The summed E-state index contributed by atoms with van der Waals surface area (Å²) in [5.74, 6) is -0.464. The van der Waals surface area contributed by atoms with Gasteiger partial charge in [0, 0.05) is 0 Å². The smallest absolute Gasteiger partial charge is 0.240 e. The van der Waals surface area contributed by atoms with Crippen LogP contribution in [0.25, 0.3) is 11.0 Å². The quantitative estimate of drug-likeness (QED) is 0.455. The Labute approximate surface area is 190 Å². The van der Waals surface area contributed by atoms with Crippen LogP contribution >= 0.6 is 0 Å². The Morgan fingerprint density at radius 3 is 2.36 bits per heavy atom. The van der Waals surface area contributed by atoms with Gasteiger partial charge in [-0.15, -0.1) is 0 Å². The number of carbonyl (C=O) groups excluding carboxylic acids is 3. The van der Waals surface area contributed by atoms with E-state index in [4.69, 9.17) is 0 Å². The highest BCUT2D eigenvalue weighted by Crippen LogP contribution is 2.52. The van der Waals surface area contributed by atoms with Gasteiger partial charge in [0.15, 0.2) is 0 Å². The number of hydrogen-bond acceptors (Lipinski definition) is 4. The van der Waals surface area contributed by atoms with Gasteiger partial charge in [0.05, 0.1) is 28.9 Å². The zero-order valence-electron chi connectivity index (χ0n) is 18.0. The number of hydrogen-bond donors (Lipinski definition) is 2. The number of fused-ring (bicyclic) bond motifs is 6. The maximum Gasteiger partial charge on any atom is 0.240 e.